The third-order valence-electron chi connectivity index (χ3n) is 8.27. The molecule has 0 fully saturated rings. The lowest BCUT2D eigenvalue weighted by Crippen LogP contribution is -2.56. The molecule has 13 heteroatoms. The van der Waals surface area contributed by atoms with Crippen LogP contribution in [0.5, 0.6) is 17.2 Å². The average Bonchev–Trinajstić information content (AvgIpc) is 3.47. The molecule has 5 rings (SSSR count). The second-order valence-corrected chi connectivity index (χ2v) is 11.1. The van der Waals surface area contributed by atoms with E-state index in [1.165, 1.54) is 37.3 Å². The van der Waals surface area contributed by atoms with Crippen molar-refractivity contribution < 1.29 is 52.0 Å². The quantitative estimate of drug-likeness (QED) is 0.268. The zero-order valence-electron chi connectivity index (χ0n) is 25.5. The Bertz CT molecular complexity index is 1670. The lowest BCUT2D eigenvalue weighted by atomic mass is 9.77. The van der Waals surface area contributed by atoms with Crippen molar-refractivity contribution in [1.82, 2.24) is 10.2 Å². The molecular weight excluding hydrogens is 621 g/mol. The van der Waals surface area contributed by atoms with Gasteiger partial charge in [-0.25, -0.2) is 0 Å². The molecule has 0 aromatic heterocycles. The molecule has 0 spiro atoms. The fraction of sp³-hybridized carbons (Fsp3) is 0.324. The van der Waals surface area contributed by atoms with Gasteiger partial charge in [-0.1, -0.05) is 12.1 Å². The van der Waals surface area contributed by atoms with Gasteiger partial charge in [-0.05, 0) is 66.6 Å². The number of aliphatic hydroxyl groups excluding tert-OH is 2. The topological polar surface area (TPSA) is 135 Å². The summed E-state index contributed by atoms with van der Waals surface area (Å²) in [6, 6.07) is 12.6. The maximum atomic E-state index is 14.1. The molecule has 1 aliphatic carbocycles. The van der Waals surface area contributed by atoms with E-state index in [-0.39, 0.29) is 54.3 Å². The van der Waals surface area contributed by atoms with E-state index in [2.05, 4.69) is 5.32 Å². The third kappa shape index (κ3) is 6.81. The maximum Gasteiger partial charge on any atom is 0.416 e. The first-order chi connectivity index (χ1) is 22.5. The number of hydrogen-bond acceptors (Lipinski definition) is 8. The van der Waals surface area contributed by atoms with Gasteiger partial charge in [0.1, 0.15) is 24.2 Å². The van der Waals surface area contributed by atoms with E-state index in [0.717, 1.165) is 29.8 Å². The molecule has 10 nitrogen and oxygen atoms in total. The van der Waals surface area contributed by atoms with Crippen LogP contribution in [-0.2, 0) is 17.4 Å². The lowest BCUT2D eigenvalue weighted by molar-refractivity contribution is -0.137. The van der Waals surface area contributed by atoms with Crippen molar-refractivity contribution in [1.29, 1.82) is 0 Å². The Morgan fingerprint density at radius 2 is 1.81 bits per heavy atom. The van der Waals surface area contributed by atoms with Gasteiger partial charge in [-0.2, -0.15) is 13.2 Å². The number of hydrogen-bond donors (Lipinski definition) is 3. The van der Waals surface area contributed by atoms with Crippen molar-refractivity contribution in [2.45, 2.75) is 36.8 Å². The van der Waals surface area contributed by atoms with Crippen molar-refractivity contribution in [2.24, 2.45) is 0 Å². The molecule has 3 aromatic rings. The van der Waals surface area contributed by atoms with E-state index in [1.807, 2.05) is 6.07 Å². The van der Waals surface area contributed by atoms with Crippen LogP contribution in [0, 0.1) is 0 Å². The molecule has 4 atom stereocenters. The van der Waals surface area contributed by atoms with Gasteiger partial charge in [0.2, 0.25) is 5.91 Å². The Balaban J connectivity index is 1.59. The van der Waals surface area contributed by atoms with Crippen molar-refractivity contribution in [2.75, 3.05) is 33.9 Å². The smallest absolute Gasteiger partial charge is 0.416 e. The van der Waals surface area contributed by atoms with Gasteiger partial charge < -0.3 is 34.6 Å². The third-order valence-corrected chi connectivity index (χ3v) is 8.27. The van der Waals surface area contributed by atoms with E-state index >= 15 is 0 Å². The highest BCUT2D eigenvalue weighted by molar-refractivity contribution is 5.98. The zero-order chi connectivity index (χ0) is 33.9. The van der Waals surface area contributed by atoms with Crippen LogP contribution in [-0.4, -0.2) is 85.4 Å². The molecule has 0 bridgehead atoms. The highest BCUT2D eigenvalue weighted by Crippen LogP contribution is 2.51. The fourth-order valence-corrected chi connectivity index (χ4v) is 5.99. The molecule has 0 saturated carbocycles. The number of aldehydes is 1. The zero-order valence-corrected chi connectivity index (χ0v) is 25.5. The minimum absolute atomic E-state index is 0.0142. The van der Waals surface area contributed by atoms with E-state index in [1.54, 1.807) is 18.2 Å². The van der Waals surface area contributed by atoms with Gasteiger partial charge in [0.05, 0.1) is 38.3 Å². The molecule has 2 aliphatic rings. The molecule has 248 valence electrons. The Labute approximate surface area is 268 Å². The van der Waals surface area contributed by atoms with Gasteiger partial charge in [-0.3, -0.25) is 14.4 Å². The minimum Gasteiger partial charge on any atom is -0.497 e. The number of rotatable bonds is 11. The number of amides is 2. The summed E-state index contributed by atoms with van der Waals surface area (Å²) in [5, 5.41) is 23.8. The number of ether oxygens (including phenoxy) is 3. The molecule has 0 saturated heterocycles. The normalized spacial score (nSPS) is 19.9. The monoisotopic (exact) mass is 654 g/mol. The molecule has 0 unspecified atom stereocenters. The van der Waals surface area contributed by atoms with Crippen LogP contribution in [0.2, 0.25) is 0 Å². The van der Waals surface area contributed by atoms with E-state index in [4.69, 9.17) is 14.2 Å². The summed E-state index contributed by atoms with van der Waals surface area (Å²) in [5.41, 5.74) is 0.546. The Kier molecular flexibility index (Phi) is 9.87. The van der Waals surface area contributed by atoms with Crippen LogP contribution in [0.1, 0.15) is 43.3 Å². The molecule has 3 aromatic carbocycles. The summed E-state index contributed by atoms with van der Waals surface area (Å²) in [7, 11) is 2.89. The Morgan fingerprint density at radius 3 is 2.45 bits per heavy atom. The summed E-state index contributed by atoms with van der Waals surface area (Å²) in [6.07, 6.45) is -4.86. The van der Waals surface area contributed by atoms with Crippen LogP contribution in [0.4, 0.5) is 13.2 Å². The maximum absolute atomic E-state index is 14.1. The number of nitrogens with one attached hydrogen (secondary N) is 1. The molecule has 47 heavy (non-hydrogen) atoms. The minimum atomic E-state index is -4.61. The van der Waals surface area contributed by atoms with Gasteiger partial charge in [0.25, 0.3) is 5.91 Å². The summed E-state index contributed by atoms with van der Waals surface area (Å²) in [6.45, 7) is -0.454. The number of fused-ring (bicyclic) bond motifs is 3. The summed E-state index contributed by atoms with van der Waals surface area (Å²) in [4.78, 5) is 40.7. The number of alkyl halides is 3. The number of nitrogens with zero attached hydrogens (tertiary/aromatic N) is 1. The second-order valence-electron chi connectivity index (χ2n) is 11.1. The number of aliphatic hydroxyl groups is 2. The standard InChI is InChI=1S/C34H33F3N2O8/c1-45-23-5-3-4-19(14-23)10-12-39(33(44)21-6-8-22(9-7-21)34(35,36)37)26-17-25(32(43)38-11-13-40)28-24-15-20(18-41)16-27(46-2)30(24)47-31(28)29(26)42/h3-9,14-18,26,28-29,31,40,42H,10-13H2,1-2H3,(H,38,43)/t26-,28+,29+,31+/m1/s1. The fourth-order valence-electron chi connectivity index (χ4n) is 5.99. The molecule has 0 radical (unpaired) electrons. The number of carbonyl (C=O) groups is 3. The average molecular weight is 655 g/mol. The van der Waals surface area contributed by atoms with Crippen LogP contribution in [0.3, 0.4) is 0 Å². The number of halogens is 3. The first kappa shape index (κ1) is 33.5. The van der Waals surface area contributed by atoms with E-state index in [0.29, 0.717) is 17.6 Å². The Morgan fingerprint density at radius 1 is 1.06 bits per heavy atom. The van der Waals surface area contributed by atoms with Crippen molar-refractivity contribution in [3.05, 3.63) is 100 Å². The van der Waals surface area contributed by atoms with Crippen molar-refractivity contribution in [3.8, 4) is 17.2 Å². The molecule has 1 aliphatic heterocycles. The molecular formula is C34H33F3N2O8. The number of methoxy groups -OCH3 is 2. The lowest BCUT2D eigenvalue weighted by Gasteiger charge is -2.40. The molecule has 2 amide bonds. The highest BCUT2D eigenvalue weighted by Gasteiger charge is 2.51. The van der Waals surface area contributed by atoms with Gasteiger partial charge in [-0.15, -0.1) is 0 Å². The number of carbonyl (C=O) groups excluding carboxylic acids is 3. The highest BCUT2D eigenvalue weighted by atomic mass is 19.4. The van der Waals surface area contributed by atoms with Crippen molar-refractivity contribution >= 4 is 18.1 Å². The first-order valence-electron chi connectivity index (χ1n) is 14.7. The van der Waals surface area contributed by atoms with Gasteiger partial charge >= 0.3 is 6.18 Å². The van der Waals surface area contributed by atoms with Crippen LogP contribution in [0.25, 0.3) is 0 Å². The van der Waals surface area contributed by atoms with Crippen LogP contribution >= 0.6 is 0 Å². The largest absolute Gasteiger partial charge is 0.497 e. The second kappa shape index (κ2) is 13.9. The van der Waals surface area contributed by atoms with E-state index in [9.17, 15) is 37.8 Å². The summed E-state index contributed by atoms with van der Waals surface area (Å²) < 4.78 is 56.8. The molecule has 1 heterocycles. The van der Waals surface area contributed by atoms with Crippen molar-refractivity contribution in [3.63, 3.8) is 0 Å². The van der Waals surface area contributed by atoms with Crippen LogP contribution < -0.4 is 19.5 Å². The predicted molar refractivity (Wildman–Crippen MR) is 163 cm³/mol. The van der Waals surface area contributed by atoms with Gasteiger partial charge in [0, 0.05) is 35.4 Å². The SMILES string of the molecule is COc1cccc(CCN(C(=O)c2ccc(C(F)(F)F)cc2)[C@@H]2C=C(C(=O)NCCO)[C@@H]3c4cc(C=O)cc(OC)c4O[C@@H]3[C@H]2O)c1. The Hall–Kier alpha value is -4.88. The number of benzene rings is 3. The summed E-state index contributed by atoms with van der Waals surface area (Å²) >= 11 is 0. The van der Waals surface area contributed by atoms with E-state index < -0.39 is 47.7 Å². The molecule has 3 N–H and O–H groups in total. The first-order valence-corrected chi connectivity index (χ1v) is 14.7. The van der Waals surface area contributed by atoms with Gasteiger partial charge in [0.15, 0.2) is 11.5 Å². The summed E-state index contributed by atoms with van der Waals surface area (Å²) in [5.74, 6) is -1.18. The van der Waals surface area contributed by atoms with Crippen LogP contribution in [0.15, 0.2) is 72.3 Å². The predicted octanol–water partition coefficient (Wildman–Crippen LogP) is 3.54.